The van der Waals surface area contributed by atoms with Gasteiger partial charge in [-0.15, -0.1) is 5.10 Å². The van der Waals surface area contributed by atoms with E-state index in [9.17, 15) is 13.2 Å². The Hall–Kier alpha value is -4.02. The molecule has 2 heterocycles. The second-order valence-corrected chi connectivity index (χ2v) is 6.52. The molecule has 2 aromatic heterocycles. The number of hydrogen-bond donors (Lipinski definition) is 2. The fraction of sp³-hybridized carbons (Fsp3) is 0.150. The van der Waals surface area contributed by atoms with E-state index in [1.807, 2.05) is 0 Å². The van der Waals surface area contributed by atoms with E-state index >= 15 is 0 Å². The largest absolute Gasteiger partial charge is 0.497 e. The van der Waals surface area contributed by atoms with Gasteiger partial charge in [0.2, 0.25) is 5.95 Å². The summed E-state index contributed by atoms with van der Waals surface area (Å²) in [6.07, 6.45) is -2.85. The van der Waals surface area contributed by atoms with Gasteiger partial charge in [0.25, 0.3) is 0 Å². The molecule has 11 heteroatoms. The van der Waals surface area contributed by atoms with Crippen molar-refractivity contribution < 1.29 is 22.6 Å². The Labute approximate surface area is 174 Å². The molecule has 0 bridgehead atoms. The van der Waals surface area contributed by atoms with E-state index in [4.69, 9.17) is 15.2 Å². The quantitative estimate of drug-likeness (QED) is 0.491. The van der Waals surface area contributed by atoms with Gasteiger partial charge in [0, 0.05) is 17.3 Å². The van der Waals surface area contributed by atoms with Crippen molar-refractivity contribution in [3.05, 3.63) is 54.2 Å². The number of aromatic nitrogens is 4. The van der Waals surface area contributed by atoms with Crippen LogP contribution >= 0.6 is 0 Å². The molecule has 0 unspecified atom stereocenters. The Kier molecular flexibility index (Phi) is 5.01. The molecular weight excluding hydrogens is 413 g/mol. The van der Waals surface area contributed by atoms with Gasteiger partial charge in [-0.1, -0.05) is 6.07 Å². The minimum atomic E-state index is -4.45. The molecule has 0 saturated carbocycles. The third-order valence-electron chi connectivity index (χ3n) is 4.44. The van der Waals surface area contributed by atoms with Crippen molar-refractivity contribution in [1.29, 1.82) is 0 Å². The van der Waals surface area contributed by atoms with E-state index in [0.29, 0.717) is 22.8 Å². The molecule has 0 spiro atoms. The van der Waals surface area contributed by atoms with Crippen molar-refractivity contribution in [2.45, 2.75) is 6.18 Å². The predicted octanol–water partition coefficient (Wildman–Crippen LogP) is 4.15. The zero-order valence-corrected chi connectivity index (χ0v) is 16.4. The predicted molar refractivity (Wildman–Crippen MR) is 108 cm³/mol. The minimum absolute atomic E-state index is 0.0770. The zero-order chi connectivity index (χ0) is 22.2. The van der Waals surface area contributed by atoms with Gasteiger partial charge >= 0.3 is 6.18 Å². The van der Waals surface area contributed by atoms with Crippen LogP contribution in [-0.4, -0.2) is 33.8 Å². The number of benzene rings is 2. The summed E-state index contributed by atoms with van der Waals surface area (Å²) < 4.78 is 50.8. The highest BCUT2D eigenvalue weighted by Gasteiger charge is 2.30. The number of alkyl halides is 3. The van der Waals surface area contributed by atoms with Crippen LogP contribution in [0.5, 0.6) is 11.5 Å². The van der Waals surface area contributed by atoms with Crippen LogP contribution in [-0.2, 0) is 6.18 Å². The number of nitrogens with one attached hydrogen (secondary N) is 1. The number of nitrogens with two attached hydrogens (primary N) is 1. The first-order chi connectivity index (χ1) is 14.8. The van der Waals surface area contributed by atoms with Crippen molar-refractivity contribution in [2.24, 2.45) is 0 Å². The fourth-order valence-corrected chi connectivity index (χ4v) is 2.96. The smallest absolute Gasteiger partial charge is 0.416 e. The lowest BCUT2D eigenvalue weighted by molar-refractivity contribution is -0.137. The average Bonchev–Trinajstić information content (AvgIpc) is 3.16. The summed E-state index contributed by atoms with van der Waals surface area (Å²) >= 11 is 0. The summed E-state index contributed by atoms with van der Waals surface area (Å²) in [4.78, 5) is 8.58. The molecule has 0 amide bonds. The molecule has 0 radical (unpaired) electrons. The van der Waals surface area contributed by atoms with E-state index in [-0.39, 0.29) is 23.1 Å². The highest BCUT2D eigenvalue weighted by atomic mass is 19.4. The number of fused-ring (bicyclic) bond motifs is 1. The molecule has 0 aliphatic rings. The second-order valence-electron chi connectivity index (χ2n) is 6.52. The van der Waals surface area contributed by atoms with Gasteiger partial charge in [-0.2, -0.15) is 18.2 Å². The number of rotatable bonds is 5. The SMILES string of the molecule is COc1cc(OC)cc(-c2cn3nc(Nc4cccc(C(F)(F)F)c4)nc3c(N)n2)c1. The highest BCUT2D eigenvalue weighted by molar-refractivity contribution is 5.70. The first-order valence-corrected chi connectivity index (χ1v) is 8.97. The average molecular weight is 430 g/mol. The maximum atomic E-state index is 12.9. The van der Waals surface area contributed by atoms with Crippen LogP contribution in [0.25, 0.3) is 16.9 Å². The van der Waals surface area contributed by atoms with E-state index < -0.39 is 11.7 Å². The van der Waals surface area contributed by atoms with E-state index in [1.54, 1.807) is 24.4 Å². The second kappa shape index (κ2) is 7.67. The number of halogens is 3. The molecule has 0 saturated heterocycles. The van der Waals surface area contributed by atoms with Gasteiger partial charge in [-0.05, 0) is 30.3 Å². The van der Waals surface area contributed by atoms with Crippen molar-refractivity contribution in [1.82, 2.24) is 19.6 Å². The molecule has 160 valence electrons. The van der Waals surface area contributed by atoms with Crippen LogP contribution in [0.4, 0.5) is 30.6 Å². The van der Waals surface area contributed by atoms with Crippen molar-refractivity contribution in [2.75, 3.05) is 25.3 Å². The molecule has 3 N–H and O–H groups in total. The summed E-state index contributed by atoms with van der Waals surface area (Å²) in [5, 5.41) is 7.03. The molecule has 4 aromatic rings. The number of hydrogen-bond acceptors (Lipinski definition) is 7. The zero-order valence-electron chi connectivity index (χ0n) is 16.4. The molecule has 0 fully saturated rings. The fourth-order valence-electron chi connectivity index (χ4n) is 2.96. The van der Waals surface area contributed by atoms with Gasteiger partial charge in [0.05, 0.1) is 31.7 Å². The first kappa shape index (κ1) is 20.3. The molecule has 31 heavy (non-hydrogen) atoms. The number of nitrogens with zero attached hydrogens (tertiary/aromatic N) is 4. The Morgan fingerprint density at radius 3 is 2.35 bits per heavy atom. The molecule has 0 aliphatic carbocycles. The van der Waals surface area contributed by atoms with Crippen LogP contribution in [0.2, 0.25) is 0 Å². The Morgan fingerprint density at radius 2 is 1.71 bits per heavy atom. The number of ether oxygens (including phenoxy) is 2. The van der Waals surface area contributed by atoms with Crippen molar-refractivity contribution in [3.63, 3.8) is 0 Å². The van der Waals surface area contributed by atoms with Crippen molar-refractivity contribution >= 4 is 23.1 Å². The number of methoxy groups -OCH3 is 2. The van der Waals surface area contributed by atoms with Crippen LogP contribution in [0.3, 0.4) is 0 Å². The Bertz CT molecular complexity index is 1230. The van der Waals surface area contributed by atoms with Crippen LogP contribution in [0.15, 0.2) is 48.7 Å². The van der Waals surface area contributed by atoms with E-state index in [1.165, 1.54) is 30.9 Å². The van der Waals surface area contributed by atoms with Gasteiger partial charge in [-0.3, -0.25) is 0 Å². The Morgan fingerprint density at radius 1 is 1.00 bits per heavy atom. The molecule has 4 rings (SSSR count). The van der Waals surface area contributed by atoms with E-state index in [2.05, 4.69) is 20.4 Å². The number of anilines is 3. The lowest BCUT2D eigenvalue weighted by Crippen LogP contribution is -2.05. The standard InChI is InChI=1S/C20H17F3N6O2/c1-30-14-6-11(7-15(9-14)31-2)16-10-29-18(17(24)26-16)27-19(28-29)25-13-5-3-4-12(8-13)20(21,22)23/h3-10H,1-2H3,(H2,24,26)(H,25,28). The molecule has 8 nitrogen and oxygen atoms in total. The summed E-state index contributed by atoms with van der Waals surface area (Å²) in [5.74, 6) is 1.32. The summed E-state index contributed by atoms with van der Waals surface area (Å²) in [7, 11) is 3.07. The van der Waals surface area contributed by atoms with Crippen LogP contribution < -0.4 is 20.5 Å². The van der Waals surface area contributed by atoms with Gasteiger partial charge in [0.15, 0.2) is 11.5 Å². The first-order valence-electron chi connectivity index (χ1n) is 8.97. The maximum Gasteiger partial charge on any atom is 0.416 e. The summed E-state index contributed by atoms with van der Waals surface area (Å²) in [6.45, 7) is 0. The van der Waals surface area contributed by atoms with Gasteiger partial charge in [-0.25, -0.2) is 9.50 Å². The van der Waals surface area contributed by atoms with Crippen molar-refractivity contribution in [3.8, 4) is 22.8 Å². The topological polar surface area (TPSA) is 99.6 Å². The highest BCUT2D eigenvalue weighted by Crippen LogP contribution is 2.32. The molecule has 2 aromatic carbocycles. The summed E-state index contributed by atoms with van der Waals surface area (Å²) in [6, 6.07) is 9.98. The summed E-state index contributed by atoms with van der Waals surface area (Å²) in [5.41, 5.74) is 6.87. The normalized spacial score (nSPS) is 11.5. The molecule has 0 atom stereocenters. The van der Waals surface area contributed by atoms with Crippen LogP contribution in [0, 0.1) is 0 Å². The van der Waals surface area contributed by atoms with Gasteiger partial charge < -0.3 is 20.5 Å². The molecule has 0 aliphatic heterocycles. The number of nitrogen functional groups attached to an aromatic ring is 1. The van der Waals surface area contributed by atoms with Crippen LogP contribution in [0.1, 0.15) is 5.56 Å². The van der Waals surface area contributed by atoms with Gasteiger partial charge in [0.1, 0.15) is 11.5 Å². The third-order valence-corrected chi connectivity index (χ3v) is 4.44. The Balaban J connectivity index is 1.71. The monoisotopic (exact) mass is 430 g/mol. The lowest BCUT2D eigenvalue weighted by atomic mass is 10.1. The third kappa shape index (κ3) is 4.15. The lowest BCUT2D eigenvalue weighted by Gasteiger charge is -2.09. The molecular formula is C20H17F3N6O2. The van der Waals surface area contributed by atoms with E-state index in [0.717, 1.165) is 12.1 Å². The maximum absolute atomic E-state index is 12.9. The minimum Gasteiger partial charge on any atom is -0.497 e.